The summed E-state index contributed by atoms with van der Waals surface area (Å²) in [4.78, 5) is 21.4. The van der Waals surface area contributed by atoms with Gasteiger partial charge < -0.3 is 14.2 Å². The van der Waals surface area contributed by atoms with Crippen LogP contribution < -0.4 is 9.47 Å². The molecule has 1 rings (SSSR count). The summed E-state index contributed by atoms with van der Waals surface area (Å²) in [6.07, 6.45) is 0.474. The molecule has 0 aliphatic rings. The minimum Gasteiger partial charge on any atom is -0.496 e. The topological polar surface area (TPSA) is 63.2 Å². The van der Waals surface area contributed by atoms with E-state index in [9.17, 15) is 4.79 Å². The summed E-state index contributed by atoms with van der Waals surface area (Å²) in [5.74, 6) is 0.00652. The van der Waals surface area contributed by atoms with Gasteiger partial charge in [-0.05, 0) is 19.1 Å². The molecule has 1 aromatic carbocycles. The third kappa shape index (κ3) is 4.40. The summed E-state index contributed by atoms with van der Waals surface area (Å²) < 4.78 is 15.2. The Morgan fingerprint density at radius 3 is 2.30 bits per heavy atom. The molecule has 0 saturated heterocycles. The van der Waals surface area contributed by atoms with E-state index in [0.29, 0.717) is 17.9 Å². The fraction of sp³-hybridized carbons (Fsp3) is 0.429. The number of ether oxygens (including phenoxy) is 3. The zero-order chi connectivity index (χ0) is 15.0. The number of rotatable bonds is 8. The van der Waals surface area contributed by atoms with Crippen LogP contribution in [0, 0.1) is 6.61 Å². The van der Waals surface area contributed by atoms with Crippen molar-refractivity contribution in [3.63, 3.8) is 0 Å². The van der Waals surface area contributed by atoms with E-state index in [4.69, 9.17) is 24.0 Å². The number of methoxy groups -OCH3 is 3. The third-order valence-corrected chi connectivity index (χ3v) is 2.65. The van der Waals surface area contributed by atoms with E-state index >= 15 is 0 Å². The van der Waals surface area contributed by atoms with Crippen LogP contribution in [-0.2, 0) is 14.5 Å². The normalized spacial score (nSPS) is 11.8. The minimum absolute atomic E-state index is 0.0190. The molecule has 1 aromatic rings. The molecule has 0 bridgehead atoms. The minimum atomic E-state index is -0.694. The fourth-order valence-corrected chi connectivity index (χ4v) is 1.44. The summed E-state index contributed by atoms with van der Waals surface area (Å²) in [6.45, 7) is 3.22. The van der Waals surface area contributed by atoms with E-state index in [-0.39, 0.29) is 11.7 Å². The van der Waals surface area contributed by atoms with Crippen LogP contribution in [0.15, 0.2) is 18.2 Å². The second kappa shape index (κ2) is 8.39. The van der Waals surface area contributed by atoms with Crippen LogP contribution in [-0.4, -0.2) is 33.4 Å². The van der Waals surface area contributed by atoms with Crippen LogP contribution >= 0.6 is 0 Å². The molecule has 0 saturated carbocycles. The first-order valence-electron chi connectivity index (χ1n) is 6.07. The van der Waals surface area contributed by atoms with E-state index < -0.39 is 5.97 Å². The average molecular weight is 283 g/mol. The van der Waals surface area contributed by atoms with Crippen molar-refractivity contribution in [3.05, 3.63) is 30.4 Å². The second-order valence-corrected chi connectivity index (χ2v) is 3.95. The Bertz CT molecular complexity index is 409. The van der Waals surface area contributed by atoms with Crippen molar-refractivity contribution in [1.82, 2.24) is 0 Å². The van der Waals surface area contributed by atoms with Crippen molar-refractivity contribution in [2.45, 2.75) is 19.4 Å². The first-order valence-corrected chi connectivity index (χ1v) is 6.07. The van der Waals surface area contributed by atoms with Crippen molar-refractivity contribution in [1.29, 1.82) is 0 Å². The SMILES string of the molecule is COc1cccc(OC)c1C(=O)OO[CH]CC(C)OC. The van der Waals surface area contributed by atoms with Gasteiger partial charge in [0.2, 0.25) is 0 Å². The molecule has 1 atom stereocenters. The molecule has 0 fully saturated rings. The standard InChI is InChI=1S/C14H19O6/c1-10(16-2)8-9-19-20-14(15)13-11(17-3)6-5-7-12(13)18-4/h5-7,9-10H,8H2,1-4H3. The van der Waals surface area contributed by atoms with E-state index in [0.717, 1.165) is 0 Å². The number of carbonyl (C=O) groups excluding carboxylic acids is 1. The summed E-state index contributed by atoms with van der Waals surface area (Å²) in [7, 11) is 4.50. The molecular formula is C14H19O6. The highest BCUT2D eigenvalue weighted by atomic mass is 17.2. The quantitative estimate of drug-likeness (QED) is 0.414. The maximum atomic E-state index is 12.0. The molecule has 20 heavy (non-hydrogen) atoms. The highest BCUT2D eigenvalue weighted by Gasteiger charge is 2.20. The van der Waals surface area contributed by atoms with Gasteiger partial charge in [0.05, 0.1) is 20.3 Å². The maximum Gasteiger partial charge on any atom is 0.380 e. The largest absolute Gasteiger partial charge is 0.496 e. The van der Waals surface area contributed by atoms with E-state index in [1.54, 1.807) is 25.3 Å². The Kier molecular flexibility index (Phi) is 6.83. The molecule has 111 valence electrons. The summed E-state index contributed by atoms with van der Waals surface area (Å²) in [5.41, 5.74) is 0.172. The number of benzene rings is 1. The first-order chi connectivity index (χ1) is 9.63. The lowest BCUT2D eigenvalue weighted by Crippen LogP contribution is -2.11. The van der Waals surface area contributed by atoms with Gasteiger partial charge in [-0.2, -0.15) is 4.89 Å². The molecule has 0 aliphatic heterocycles. The van der Waals surface area contributed by atoms with Gasteiger partial charge in [0, 0.05) is 13.5 Å². The van der Waals surface area contributed by atoms with Gasteiger partial charge >= 0.3 is 5.97 Å². The molecule has 6 nitrogen and oxygen atoms in total. The number of hydrogen-bond donors (Lipinski definition) is 0. The van der Waals surface area contributed by atoms with Crippen LogP contribution in [0.2, 0.25) is 0 Å². The van der Waals surface area contributed by atoms with Gasteiger partial charge in [-0.15, -0.1) is 0 Å². The highest BCUT2D eigenvalue weighted by molar-refractivity contribution is 5.95. The van der Waals surface area contributed by atoms with E-state index in [2.05, 4.69) is 0 Å². The maximum absolute atomic E-state index is 12.0. The highest BCUT2D eigenvalue weighted by Crippen LogP contribution is 2.28. The van der Waals surface area contributed by atoms with Crippen LogP contribution in [0.3, 0.4) is 0 Å². The summed E-state index contributed by atoms with van der Waals surface area (Å²) in [5, 5.41) is 0. The predicted octanol–water partition coefficient (Wildman–Crippen LogP) is 2.38. The lowest BCUT2D eigenvalue weighted by atomic mass is 10.2. The van der Waals surface area contributed by atoms with Gasteiger partial charge in [-0.25, -0.2) is 4.79 Å². The van der Waals surface area contributed by atoms with Crippen LogP contribution in [0.1, 0.15) is 23.7 Å². The van der Waals surface area contributed by atoms with Crippen molar-refractivity contribution in [3.8, 4) is 11.5 Å². The van der Waals surface area contributed by atoms with Crippen molar-refractivity contribution >= 4 is 5.97 Å². The van der Waals surface area contributed by atoms with Crippen LogP contribution in [0.5, 0.6) is 11.5 Å². The van der Waals surface area contributed by atoms with E-state index in [1.807, 2.05) is 6.92 Å². The molecule has 0 spiro atoms. The van der Waals surface area contributed by atoms with Crippen molar-refractivity contribution in [2.75, 3.05) is 21.3 Å². The first kappa shape index (κ1) is 16.3. The fourth-order valence-electron chi connectivity index (χ4n) is 1.44. The third-order valence-electron chi connectivity index (χ3n) is 2.65. The van der Waals surface area contributed by atoms with Crippen LogP contribution in [0.4, 0.5) is 0 Å². The molecule has 0 aliphatic carbocycles. The van der Waals surface area contributed by atoms with Crippen molar-refractivity contribution < 1.29 is 28.8 Å². The Balaban J connectivity index is 2.63. The van der Waals surface area contributed by atoms with Gasteiger partial charge in [0.15, 0.2) is 0 Å². The molecule has 0 N–H and O–H groups in total. The van der Waals surface area contributed by atoms with Gasteiger partial charge in [-0.3, -0.25) is 4.89 Å². The summed E-state index contributed by atoms with van der Waals surface area (Å²) >= 11 is 0. The molecule has 0 aromatic heterocycles. The van der Waals surface area contributed by atoms with Gasteiger partial charge in [0.25, 0.3) is 0 Å². The van der Waals surface area contributed by atoms with Crippen molar-refractivity contribution in [2.24, 2.45) is 0 Å². The lowest BCUT2D eigenvalue weighted by Gasteiger charge is -2.12. The molecule has 6 heteroatoms. The molecular weight excluding hydrogens is 264 g/mol. The molecule has 0 heterocycles. The molecule has 1 unspecified atom stereocenters. The molecule has 1 radical (unpaired) electrons. The van der Waals surface area contributed by atoms with Crippen LogP contribution in [0.25, 0.3) is 0 Å². The Labute approximate surface area is 118 Å². The Hall–Kier alpha value is -1.79. The second-order valence-electron chi connectivity index (χ2n) is 3.95. The molecule has 0 amide bonds. The Morgan fingerprint density at radius 1 is 1.20 bits per heavy atom. The number of carbonyl (C=O) groups is 1. The average Bonchev–Trinajstić information content (AvgIpc) is 2.49. The smallest absolute Gasteiger partial charge is 0.380 e. The predicted molar refractivity (Wildman–Crippen MR) is 71.4 cm³/mol. The Morgan fingerprint density at radius 2 is 1.80 bits per heavy atom. The number of hydrogen-bond acceptors (Lipinski definition) is 6. The van der Waals surface area contributed by atoms with Gasteiger partial charge in [-0.1, -0.05) is 6.07 Å². The lowest BCUT2D eigenvalue weighted by molar-refractivity contribution is -0.216. The zero-order valence-corrected chi connectivity index (χ0v) is 12.0. The van der Waals surface area contributed by atoms with E-state index in [1.165, 1.54) is 20.8 Å². The zero-order valence-electron chi connectivity index (χ0n) is 12.0. The van der Waals surface area contributed by atoms with Gasteiger partial charge in [0.1, 0.15) is 23.7 Å². The monoisotopic (exact) mass is 283 g/mol. The summed E-state index contributed by atoms with van der Waals surface area (Å²) in [6, 6.07) is 4.98.